The highest BCUT2D eigenvalue weighted by molar-refractivity contribution is 6.07. The number of hydrogen-bond donors (Lipinski definition) is 3. The Bertz CT molecular complexity index is 1220. The van der Waals surface area contributed by atoms with Crippen LogP contribution in [0.15, 0.2) is 12.1 Å². The maximum atomic E-state index is 14.1. The summed E-state index contributed by atoms with van der Waals surface area (Å²) in [5, 5.41) is 26.4. The van der Waals surface area contributed by atoms with Crippen LogP contribution in [0.25, 0.3) is 0 Å². The monoisotopic (exact) mass is 524 g/mol. The number of amides is 1. The number of methoxy groups -OCH3 is 1. The average molecular weight is 525 g/mol. The minimum Gasteiger partial charge on any atom is -0.504 e. The topological polar surface area (TPSA) is 125 Å². The number of aliphatic hydroxyl groups is 1. The molecule has 1 amide bonds. The lowest BCUT2D eigenvalue weighted by Gasteiger charge is -2.63. The summed E-state index contributed by atoms with van der Waals surface area (Å²) >= 11 is 0. The zero-order chi connectivity index (χ0) is 26.4. The van der Waals surface area contributed by atoms with Gasteiger partial charge in [-0.05, 0) is 69.0 Å². The molecule has 1 spiro atoms. The second-order valence-corrected chi connectivity index (χ2v) is 12.5. The maximum absolute atomic E-state index is 14.1. The molecule has 5 atom stereocenters. The van der Waals surface area contributed by atoms with Gasteiger partial charge in [0.2, 0.25) is 5.91 Å². The number of Topliss-reactive ketones (excluding diaryl/α,β-unsaturated/α-hetero) is 1. The first kappa shape index (κ1) is 24.4. The summed E-state index contributed by atoms with van der Waals surface area (Å²) < 4.78 is 11.3. The minimum absolute atomic E-state index is 0.0326. The lowest BCUT2D eigenvalue weighted by atomic mass is 9.47. The first-order valence-electron chi connectivity index (χ1n) is 14.2. The quantitative estimate of drug-likeness (QED) is 0.393. The molecule has 2 aliphatic heterocycles. The van der Waals surface area contributed by atoms with Crippen molar-refractivity contribution < 1.29 is 34.1 Å². The number of phenolic OH excluding ortho intramolecular Hbond substituents is 1. The fourth-order valence-electron chi connectivity index (χ4n) is 8.58. The molecule has 7 rings (SSSR count). The number of carbonyl (C=O) groups excluding carboxylic acids is 3. The number of rotatable bonds is 5. The SMILES string of the molecule is COC(=O)C1(NC(=O)C2C[C@@]3(O)[C@H]4Cc5ccc(O)c6c5[C@@]3(CCN4CC3CC3)[C@@H](O6)C2=O)CCCCC1. The van der Waals surface area contributed by atoms with Crippen LogP contribution in [-0.2, 0) is 31.0 Å². The Labute approximate surface area is 221 Å². The van der Waals surface area contributed by atoms with Crippen molar-refractivity contribution >= 4 is 17.7 Å². The zero-order valence-corrected chi connectivity index (χ0v) is 21.8. The Kier molecular flexibility index (Phi) is 5.25. The average Bonchev–Trinajstić information content (AvgIpc) is 3.65. The van der Waals surface area contributed by atoms with Crippen molar-refractivity contribution in [2.45, 2.75) is 92.9 Å². The zero-order valence-electron chi connectivity index (χ0n) is 21.8. The predicted molar refractivity (Wildman–Crippen MR) is 135 cm³/mol. The van der Waals surface area contributed by atoms with Gasteiger partial charge in [-0.3, -0.25) is 14.5 Å². The highest BCUT2D eigenvalue weighted by Gasteiger charge is 2.75. The molecule has 3 N–H and O–H groups in total. The molecule has 1 saturated heterocycles. The predicted octanol–water partition coefficient (Wildman–Crippen LogP) is 1.74. The third kappa shape index (κ3) is 3.09. The second-order valence-electron chi connectivity index (χ2n) is 12.5. The van der Waals surface area contributed by atoms with Gasteiger partial charge in [0.1, 0.15) is 11.5 Å². The second kappa shape index (κ2) is 8.18. The van der Waals surface area contributed by atoms with Gasteiger partial charge in [0, 0.05) is 18.2 Å². The highest BCUT2D eigenvalue weighted by atomic mass is 16.5. The van der Waals surface area contributed by atoms with E-state index in [0.717, 1.165) is 43.5 Å². The van der Waals surface area contributed by atoms with Gasteiger partial charge in [0.25, 0.3) is 0 Å². The Morgan fingerprint density at radius 2 is 1.95 bits per heavy atom. The summed E-state index contributed by atoms with van der Waals surface area (Å²) in [6.07, 6.45) is 5.81. The van der Waals surface area contributed by atoms with Crippen LogP contribution in [0.3, 0.4) is 0 Å². The van der Waals surface area contributed by atoms with Gasteiger partial charge in [-0.2, -0.15) is 0 Å². The van der Waals surface area contributed by atoms with Crippen LogP contribution in [0.5, 0.6) is 11.5 Å². The number of ether oxygens (including phenoxy) is 2. The van der Waals surface area contributed by atoms with Crippen LogP contribution in [0.1, 0.15) is 68.9 Å². The third-order valence-corrected chi connectivity index (χ3v) is 10.6. The number of hydrogen-bond acceptors (Lipinski definition) is 8. The Hall–Kier alpha value is -2.65. The van der Waals surface area contributed by atoms with Crippen LogP contribution < -0.4 is 10.1 Å². The number of phenols is 1. The molecule has 2 heterocycles. The summed E-state index contributed by atoms with van der Waals surface area (Å²) in [6, 6.07) is 3.23. The lowest BCUT2D eigenvalue weighted by molar-refractivity contribution is -0.199. The molecule has 1 aromatic carbocycles. The van der Waals surface area contributed by atoms with E-state index in [0.29, 0.717) is 31.6 Å². The molecule has 1 aromatic rings. The first-order valence-corrected chi connectivity index (χ1v) is 14.2. The molecule has 204 valence electrons. The summed E-state index contributed by atoms with van der Waals surface area (Å²) in [6.45, 7) is 1.62. The maximum Gasteiger partial charge on any atom is 0.331 e. The van der Waals surface area contributed by atoms with Crippen molar-refractivity contribution in [1.82, 2.24) is 10.2 Å². The molecule has 0 radical (unpaired) electrons. The number of ketones is 1. The molecular formula is C29H36N2O7. The van der Waals surface area contributed by atoms with Crippen LogP contribution in [0.2, 0.25) is 0 Å². The molecule has 4 aliphatic carbocycles. The number of piperidine rings is 1. The van der Waals surface area contributed by atoms with Crippen LogP contribution >= 0.6 is 0 Å². The van der Waals surface area contributed by atoms with Gasteiger partial charge >= 0.3 is 5.97 Å². The fraction of sp³-hybridized carbons (Fsp3) is 0.690. The van der Waals surface area contributed by atoms with Crippen molar-refractivity contribution in [3.63, 3.8) is 0 Å². The number of aromatic hydroxyl groups is 1. The standard InChI is InChI=1S/C29H36N2O7/c1-37-26(35)27(9-3-2-4-10-27)30-25(34)18-14-29(36)20-13-17-7-8-19(32)23-21(17)28(29,24(38-23)22(18)33)11-12-31(20)15-16-5-6-16/h7-8,16,18,20,24,32,36H,2-6,9-15H2,1H3,(H,30,34)/t18?,20-,24+,28+,29-/m1/s1. The number of esters is 1. The van der Waals surface area contributed by atoms with E-state index in [9.17, 15) is 24.6 Å². The normalized spacial score (nSPS) is 36.7. The van der Waals surface area contributed by atoms with E-state index in [2.05, 4.69) is 10.2 Å². The first-order chi connectivity index (χ1) is 18.2. The van der Waals surface area contributed by atoms with Gasteiger partial charge in [-0.25, -0.2) is 4.79 Å². The Morgan fingerprint density at radius 3 is 2.66 bits per heavy atom. The van der Waals surface area contributed by atoms with Crippen molar-refractivity contribution in [2.75, 3.05) is 20.2 Å². The summed E-state index contributed by atoms with van der Waals surface area (Å²) in [5.41, 5.74) is -1.81. The number of benzene rings is 1. The summed E-state index contributed by atoms with van der Waals surface area (Å²) in [7, 11) is 1.31. The van der Waals surface area contributed by atoms with Gasteiger partial charge in [0.05, 0.1) is 18.1 Å². The van der Waals surface area contributed by atoms with Crippen LogP contribution in [0.4, 0.5) is 0 Å². The van der Waals surface area contributed by atoms with Crippen molar-refractivity contribution in [1.29, 1.82) is 0 Å². The largest absolute Gasteiger partial charge is 0.504 e. The molecule has 9 heteroatoms. The van der Waals surface area contributed by atoms with Gasteiger partial charge in [-0.1, -0.05) is 25.3 Å². The van der Waals surface area contributed by atoms with E-state index < -0.39 is 40.5 Å². The van der Waals surface area contributed by atoms with E-state index in [-0.39, 0.29) is 29.7 Å². The third-order valence-electron chi connectivity index (χ3n) is 10.6. The van der Waals surface area contributed by atoms with E-state index in [1.807, 2.05) is 6.07 Å². The van der Waals surface area contributed by atoms with Crippen molar-refractivity contribution in [2.24, 2.45) is 11.8 Å². The van der Waals surface area contributed by atoms with Crippen LogP contribution in [-0.4, -0.2) is 76.3 Å². The minimum atomic E-state index is -1.39. The molecule has 0 aromatic heterocycles. The number of nitrogens with zero attached hydrogens (tertiary/aromatic N) is 1. The highest BCUT2D eigenvalue weighted by Crippen LogP contribution is 2.65. The number of nitrogens with one attached hydrogen (secondary N) is 1. The summed E-state index contributed by atoms with van der Waals surface area (Å²) in [5.74, 6) is -1.75. The van der Waals surface area contributed by atoms with Crippen molar-refractivity contribution in [3.8, 4) is 11.5 Å². The molecule has 38 heavy (non-hydrogen) atoms. The van der Waals surface area contributed by atoms with E-state index in [4.69, 9.17) is 9.47 Å². The molecule has 6 aliphatic rings. The molecule has 2 bridgehead atoms. The van der Waals surface area contributed by atoms with Gasteiger partial charge < -0.3 is 25.0 Å². The molecule has 3 saturated carbocycles. The molecule has 9 nitrogen and oxygen atoms in total. The number of likely N-dealkylation sites (tertiary alicyclic amines) is 1. The smallest absolute Gasteiger partial charge is 0.331 e. The molecular weight excluding hydrogens is 488 g/mol. The Balaban J connectivity index is 1.29. The summed E-state index contributed by atoms with van der Waals surface area (Å²) in [4.78, 5) is 43.1. The van der Waals surface area contributed by atoms with Crippen LogP contribution in [0, 0.1) is 11.8 Å². The number of carbonyl (C=O) groups is 3. The Morgan fingerprint density at radius 1 is 1.18 bits per heavy atom. The van der Waals surface area contributed by atoms with E-state index in [1.165, 1.54) is 20.0 Å². The molecule has 1 unspecified atom stereocenters. The fourth-order valence-corrected chi connectivity index (χ4v) is 8.58. The van der Waals surface area contributed by atoms with E-state index in [1.54, 1.807) is 6.07 Å². The van der Waals surface area contributed by atoms with E-state index >= 15 is 0 Å². The molecule has 4 fully saturated rings. The lowest BCUT2D eigenvalue weighted by Crippen LogP contribution is -2.78. The van der Waals surface area contributed by atoms with Crippen molar-refractivity contribution in [3.05, 3.63) is 23.3 Å². The van der Waals surface area contributed by atoms with Gasteiger partial charge in [-0.15, -0.1) is 0 Å². The van der Waals surface area contributed by atoms with Gasteiger partial charge in [0.15, 0.2) is 23.4 Å².